The van der Waals surface area contributed by atoms with Crippen molar-refractivity contribution >= 4 is 5.91 Å². The first kappa shape index (κ1) is 18.7. The highest BCUT2D eigenvalue weighted by atomic mass is 16.5. The Balaban J connectivity index is 1.20. The Labute approximate surface area is 158 Å². The molecule has 4 atom stereocenters. The molecule has 0 aromatic carbocycles. The highest BCUT2D eigenvalue weighted by Gasteiger charge is 2.41. The van der Waals surface area contributed by atoms with E-state index in [0.717, 1.165) is 32.5 Å². The molecule has 2 heterocycles. The van der Waals surface area contributed by atoms with Gasteiger partial charge in [-0.1, -0.05) is 19.3 Å². The summed E-state index contributed by atoms with van der Waals surface area (Å²) < 4.78 is 12.8. The monoisotopic (exact) mass is 364 g/mol. The smallest absolute Gasteiger partial charge is 0.220 e. The van der Waals surface area contributed by atoms with Crippen molar-refractivity contribution in [2.24, 2.45) is 17.6 Å². The van der Waals surface area contributed by atoms with E-state index in [1.807, 2.05) is 0 Å². The maximum absolute atomic E-state index is 11.3. The summed E-state index contributed by atoms with van der Waals surface area (Å²) in [7, 11) is 0. The van der Waals surface area contributed by atoms with E-state index in [4.69, 9.17) is 15.2 Å². The fraction of sp³-hybridized carbons (Fsp3) is 0.952. The molecule has 4 fully saturated rings. The van der Waals surface area contributed by atoms with Crippen LogP contribution in [0.2, 0.25) is 0 Å². The molecule has 0 aromatic rings. The van der Waals surface area contributed by atoms with Crippen molar-refractivity contribution < 1.29 is 14.3 Å². The van der Waals surface area contributed by atoms with Gasteiger partial charge in [0.2, 0.25) is 5.91 Å². The van der Waals surface area contributed by atoms with Gasteiger partial charge in [0, 0.05) is 12.5 Å². The van der Waals surface area contributed by atoms with Crippen molar-refractivity contribution in [1.29, 1.82) is 0 Å². The van der Waals surface area contributed by atoms with Crippen LogP contribution in [0.15, 0.2) is 0 Å². The van der Waals surface area contributed by atoms with Gasteiger partial charge in [-0.3, -0.25) is 4.79 Å². The lowest BCUT2D eigenvalue weighted by Crippen LogP contribution is -2.41. The summed E-state index contributed by atoms with van der Waals surface area (Å²) >= 11 is 0. The molecule has 4 unspecified atom stereocenters. The molecule has 4 rings (SSSR count). The fourth-order valence-corrected chi connectivity index (χ4v) is 5.66. The minimum absolute atomic E-state index is 0.0796. The van der Waals surface area contributed by atoms with Gasteiger partial charge in [0.25, 0.3) is 0 Å². The van der Waals surface area contributed by atoms with Crippen LogP contribution in [0.1, 0.15) is 70.6 Å². The van der Waals surface area contributed by atoms with Crippen molar-refractivity contribution in [3.8, 4) is 0 Å². The molecule has 0 aromatic heterocycles. The largest absolute Gasteiger partial charge is 0.375 e. The molecular weight excluding hydrogens is 328 g/mol. The van der Waals surface area contributed by atoms with Gasteiger partial charge in [0.05, 0.1) is 24.4 Å². The standard InChI is InChI=1S/C21H36N2O3/c22-21(24)15-8-10-23(11-9-15)14-19-13-16-12-18(6-7-20(16)26-19)25-17-4-2-1-3-5-17/h15-20H,1-14H2,(H2,22,24). The topological polar surface area (TPSA) is 64.8 Å². The fourth-order valence-electron chi connectivity index (χ4n) is 5.66. The van der Waals surface area contributed by atoms with Gasteiger partial charge in [0.15, 0.2) is 0 Å². The van der Waals surface area contributed by atoms with Gasteiger partial charge in [-0.15, -0.1) is 0 Å². The van der Waals surface area contributed by atoms with Crippen LogP contribution in [0, 0.1) is 11.8 Å². The van der Waals surface area contributed by atoms with Gasteiger partial charge in [-0.2, -0.15) is 0 Å². The number of hydrogen-bond acceptors (Lipinski definition) is 4. The van der Waals surface area contributed by atoms with Gasteiger partial charge < -0.3 is 20.1 Å². The van der Waals surface area contributed by atoms with E-state index in [1.54, 1.807) is 0 Å². The van der Waals surface area contributed by atoms with E-state index >= 15 is 0 Å². The molecule has 2 aliphatic heterocycles. The number of primary amides is 1. The van der Waals surface area contributed by atoms with Gasteiger partial charge >= 0.3 is 0 Å². The second kappa shape index (κ2) is 8.57. The van der Waals surface area contributed by atoms with Crippen molar-refractivity contribution in [2.45, 2.75) is 95.0 Å². The number of piperidine rings is 1. The van der Waals surface area contributed by atoms with Crippen molar-refractivity contribution in [1.82, 2.24) is 4.90 Å². The maximum atomic E-state index is 11.3. The molecule has 2 saturated heterocycles. The van der Waals surface area contributed by atoms with Gasteiger partial charge in [0.1, 0.15) is 0 Å². The molecule has 0 bridgehead atoms. The third-order valence-corrected chi connectivity index (χ3v) is 7.19. The zero-order valence-corrected chi connectivity index (χ0v) is 16.1. The van der Waals surface area contributed by atoms with E-state index in [9.17, 15) is 4.79 Å². The lowest BCUT2D eigenvalue weighted by atomic mass is 9.83. The Morgan fingerprint density at radius 2 is 1.73 bits per heavy atom. The lowest BCUT2D eigenvalue weighted by Gasteiger charge is -2.34. The molecule has 2 saturated carbocycles. The first-order chi connectivity index (χ1) is 12.7. The lowest BCUT2D eigenvalue weighted by molar-refractivity contribution is -0.123. The number of carbonyl (C=O) groups is 1. The third kappa shape index (κ3) is 4.60. The summed E-state index contributed by atoms with van der Waals surface area (Å²) in [6.07, 6.45) is 15.0. The Bertz CT molecular complexity index is 472. The predicted molar refractivity (Wildman–Crippen MR) is 101 cm³/mol. The van der Waals surface area contributed by atoms with Crippen LogP contribution in [0.5, 0.6) is 0 Å². The van der Waals surface area contributed by atoms with E-state index in [1.165, 1.54) is 57.8 Å². The van der Waals surface area contributed by atoms with Gasteiger partial charge in [-0.05, 0) is 70.4 Å². The van der Waals surface area contributed by atoms with Crippen molar-refractivity contribution in [3.63, 3.8) is 0 Å². The van der Waals surface area contributed by atoms with Crippen molar-refractivity contribution in [3.05, 3.63) is 0 Å². The minimum Gasteiger partial charge on any atom is -0.375 e. The average Bonchev–Trinajstić information content (AvgIpc) is 3.04. The van der Waals surface area contributed by atoms with E-state index in [-0.39, 0.29) is 11.8 Å². The maximum Gasteiger partial charge on any atom is 0.220 e. The number of nitrogens with two attached hydrogens (primary N) is 1. The van der Waals surface area contributed by atoms with E-state index in [0.29, 0.717) is 30.3 Å². The molecule has 0 radical (unpaired) electrons. The van der Waals surface area contributed by atoms with Crippen LogP contribution in [-0.4, -0.2) is 54.9 Å². The molecule has 2 aliphatic carbocycles. The van der Waals surface area contributed by atoms with Crippen LogP contribution in [0.3, 0.4) is 0 Å². The summed E-state index contributed by atoms with van der Waals surface area (Å²) in [5.41, 5.74) is 5.44. The number of amides is 1. The number of nitrogens with zero attached hydrogens (tertiary/aromatic N) is 1. The van der Waals surface area contributed by atoms with Gasteiger partial charge in [-0.25, -0.2) is 0 Å². The quantitative estimate of drug-likeness (QED) is 0.815. The molecule has 2 N–H and O–H groups in total. The molecule has 5 nitrogen and oxygen atoms in total. The summed E-state index contributed by atoms with van der Waals surface area (Å²) in [4.78, 5) is 13.8. The average molecular weight is 365 g/mol. The second-order valence-electron chi connectivity index (χ2n) is 9.10. The van der Waals surface area contributed by atoms with Crippen LogP contribution in [0.4, 0.5) is 0 Å². The molecule has 4 aliphatic rings. The zero-order valence-electron chi connectivity index (χ0n) is 16.1. The second-order valence-corrected chi connectivity index (χ2v) is 9.10. The number of rotatable bonds is 5. The van der Waals surface area contributed by atoms with E-state index in [2.05, 4.69) is 4.90 Å². The number of carbonyl (C=O) groups excluding carboxylic acids is 1. The Hall–Kier alpha value is -0.650. The Kier molecular flexibility index (Phi) is 6.17. The molecule has 26 heavy (non-hydrogen) atoms. The molecular formula is C21H36N2O3. The SMILES string of the molecule is NC(=O)C1CCN(CC2CC3CC(OC4CCCCC4)CCC3O2)CC1. The third-order valence-electron chi connectivity index (χ3n) is 7.19. The van der Waals surface area contributed by atoms with Crippen LogP contribution >= 0.6 is 0 Å². The van der Waals surface area contributed by atoms with Crippen LogP contribution in [-0.2, 0) is 14.3 Å². The van der Waals surface area contributed by atoms with Crippen LogP contribution in [0.25, 0.3) is 0 Å². The Morgan fingerprint density at radius 3 is 2.46 bits per heavy atom. The van der Waals surface area contributed by atoms with Crippen molar-refractivity contribution in [2.75, 3.05) is 19.6 Å². The number of fused-ring (bicyclic) bond motifs is 1. The molecule has 5 heteroatoms. The summed E-state index contributed by atoms with van der Waals surface area (Å²) in [6, 6.07) is 0. The summed E-state index contributed by atoms with van der Waals surface area (Å²) in [6.45, 7) is 2.99. The Morgan fingerprint density at radius 1 is 0.962 bits per heavy atom. The normalized spacial score (nSPS) is 37.5. The summed E-state index contributed by atoms with van der Waals surface area (Å²) in [5.74, 6) is 0.637. The first-order valence-corrected chi connectivity index (χ1v) is 11.0. The minimum atomic E-state index is -0.128. The highest BCUT2D eigenvalue weighted by Crippen LogP contribution is 2.40. The van der Waals surface area contributed by atoms with Crippen LogP contribution < -0.4 is 5.73 Å². The summed E-state index contributed by atoms with van der Waals surface area (Å²) in [5, 5.41) is 0. The molecule has 1 amide bonds. The number of hydrogen-bond donors (Lipinski definition) is 1. The predicted octanol–water partition coefficient (Wildman–Crippen LogP) is 2.86. The first-order valence-electron chi connectivity index (χ1n) is 11.0. The molecule has 148 valence electrons. The number of likely N-dealkylation sites (tertiary alicyclic amines) is 1. The van der Waals surface area contributed by atoms with E-state index < -0.39 is 0 Å². The number of ether oxygens (including phenoxy) is 2. The highest BCUT2D eigenvalue weighted by molar-refractivity contribution is 5.76. The molecule has 0 spiro atoms. The zero-order chi connectivity index (χ0) is 17.9.